The number of carbonyl (C=O) groups is 1. The van der Waals surface area contributed by atoms with Crippen molar-refractivity contribution in [3.05, 3.63) is 29.8 Å². The summed E-state index contributed by atoms with van der Waals surface area (Å²) < 4.78 is 0. The van der Waals surface area contributed by atoms with Gasteiger partial charge >= 0.3 is 0 Å². The summed E-state index contributed by atoms with van der Waals surface area (Å²) in [6.45, 7) is 1.96. The summed E-state index contributed by atoms with van der Waals surface area (Å²) in [5.74, 6) is 0.0239. The summed E-state index contributed by atoms with van der Waals surface area (Å²) >= 11 is 6.55. The van der Waals surface area contributed by atoms with E-state index in [1.165, 1.54) is 10.5 Å². The number of carbonyl (C=O) groups excluding carboxylic acids is 1. The Morgan fingerprint density at radius 2 is 2.33 bits per heavy atom. The molecule has 3 nitrogen and oxygen atoms in total. The molecule has 96 valence electrons. The second-order valence-electron chi connectivity index (χ2n) is 4.29. The Morgan fingerprint density at radius 1 is 1.61 bits per heavy atom. The average Bonchev–Trinajstić information content (AvgIpc) is 2.79. The number of nitrogens with one attached hydrogen (secondary N) is 1. The maximum Gasteiger partial charge on any atom is 0.234 e. The first-order chi connectivity index (χ1) is 8.61. The molecule has 0 aromatic heterocycles. The van der Waals surface area contributed by atoms with Crippen LogP contribution >= 0.6 is 24.0 Å². The third-order valence-electron chi connectivity index (χ3n) is 3.01. The van der Waals surface area contributed by atoms with Crippen molar-refractivity contribution in [2.45, 2.75) is 36.0 Å². The van der Waals surface area contributed by atoms with E-state index in [2.05, 4.69) is 17.4 Å². The minimum atomic E-state index is -0.197. The van der Waals surface area contributed by atoms with Crippen LogP contribution in [0.1, 0.15) is 18.9 Å². The molecule has 1 amide bonds. The van der Waals surface area contributed by atoms with Gasteiger partial charge in [-0.15, -0.1) is 11.8 Å². The van der Waals surface area contributed by atoms with Crippen LogP contribution < -0.4 is 11.1 Å². The SMILES string of the molecule is CCC(NC(=O)C1Cc2ccccc2S1)C(N)=S. The minimum Gasteiger partial charge on any atom is -0.392 e. The molecule has 1 aliphatic heterocycles. The first kappa shape index (κ1) is 13.4. The largest absolute Gasteiger partial charge is 0.392 e. The van der Waals surface area contributed by atoms with E-state index in [4.69, 9.17) is 18.0 Å². The van der Waals surface area contributed by atoms with Crippen molar-refractivity contribution in [1.29, 1.82) is 0 Å². The number of thiocarbonyl (C=S) groups is 1. The Labute approximate surface area is 117 Å². The van der Waals surface area contributed by atoms with Gasteiger partial charge in [-0.05, 0) is 24.5 Å². The van der Waals surface area contributed by atoms with Gasteiger partial charge < -0.3 is 11.1 Å². The van der Waals surface area contributed by atoms with Gasteiger partial charge in [-0.25, -0.2) is 0 Å². The summed E-state index contributed by atoms with van der Waals surface area (Å²) in [5.41, 5.74) is 6.83. The van der Waals surface area contributed by atoms with Crippen LogP contribution in [0.25, 0.3) is 0 Å². The van der Waals surface area contributed by atoms with Crippen LogP contribution in [0.5, 0.6) is 0 Å². The Bertz CT molecular complexity index is 451. The zero-order valence-corrected chi connectivity index (χ0v) is 11.8. The predicted molar refractivity (Wildman–Crippen MR) is 78.8 cm³/mol. The van der Waals surface area contributed by atoms with Crippen molar-refractivity contribution in [3.8, 4) is 0 Å². The number of benzene rings is 1. The molecule has 1 aromatic carbocycles. The third-order valence-corrected chi connectivity index (χ3v) is 4.61. The van der Waals surface area contributed by atoms with Gasteiger partial charge in [0.2, 0.25) is 5.91 Å². The number of hydrogen-bond donors (Lipinski definition) is 2. The molecule has 2 rings (SSSR count). The molecule has 0 fully saturated rings. The molecule has 0 aliphatic carbocycles. The van der Waals surface area contributed by atoms with Crippen molar-refractivity contribution >= 4 is 34.9 Å². The van der Waals surface area contributed by atoms with E-state index in [1.54, 1.807) is 11.8 Å². The Hall–Kier alpha value is -1.07. The maximum atomic E-state index is 12.1. The van der Waals surface area contributed by atoms with Crippen molar-refractivity contribution < 1.29 is 4.79 Å². The van der Waals surface area contributed by atoms with E-state index in [1.807, 2.05) is 19.1 Å². The number of rotatable bonds is 4. The molecular formula is C13H16N2OS2. The summed E-state index contributed by atoms with van der Waals surface area (Å²) in [7, 11) is 0. The minimum absolute atomic E-state index is 0.0239. The Morgan fingerprint density at radius 3 is 2.94 bits per heavy atom. The normalized spacial score (nSPS) is 19.1. The van der Waals surface area contributed by atoms with Crippen LogP contribution in [-0.4, -0.2) is 22.2 Å². The monoisotopic (exact) mass is 280 g/mol. The van der Waals surface area contributed by atoms with Crippen molar-refractivity contribution in [2.24, 2.45) is 5.73 Å². The van der Waals surface area contributed by atoms with E-state index in [9.17, 15) is 4.79 Å². The number of thioether (sulfide) groups is 1. The van der Waals surface area contributed by atoms with Gasteiger partial charge in [0.1, 0.15) is 0 Å². The summed E-state index contributed by atoms with van der Waals surface area (Å²) in [5, 5.41) is 2.85. The lowest BCUT2D eigenvalue weighted by Gasteiger charge is -2.17. The van der Waals surface area contributed by atoms with E-state index < -0.39 is 0 Å². The first-order valence-electron chi connectivity index (χ1n) is 5.96. The lowest BCUT2D eigenvalue weighted by atomic mass is 10.1. The molecule has 1 aliphatic rings. The molecule has 3 N–H and O–H groups in total. The lowest BCUT2D eigenvalue weighted by molar-refractivity contribution is -0.120. The summed E-state index contributed by atoms with van der Waals surface area (Å²) in [4.78, 5) is 13.7. The lowest BCUT2D eigenvalue weighted by Crippen LogP contribution is -2.46. The van der Waals surface area contributed by atoms with Crippen LogP contribution in [0.2, 0.25) is 0 Å². The van der Waals surface area contributed by atoms with E-state index in [0.717, 1.165) is 12.8 Å². The predicted octanol–water partition coefficient (Wildman–Crippen LogP) is 1.88. The van der Waals surface area contributed by atoms with E-state index in [0.29, 0.717) is 4.99 Å². The van der Waals surface area contributed by atoms with Crippen molar-refractivity contribution in [1.82, 2.24) is 5.32 Å². The molecule has 0 saturated heterocycles. The highest BCUT2D eigenvalue weighted by molar-refractivity contribution is 8.01. The molecule has 18 heavy (non-hydrogen) atoms. The fraction of sp³-hybridized carbons (Fsp3) is 0.385. The highest BCUT2D eigenvalue weighted by Crippen LogP contribution is 2.36. The van der Waals surface area contributed by atoms with Crippen LogP contribution in [0.15, 0.2) is 29.2 Å². The molecule has 0 radical (unpaired) electrons. The molecule has 0 spiro atoms. The van der Waals surface area contributed by atoms with Gasteiger partial charge in [-0.3, -0.25) is 4.79 Å². The van der Waals surface area contributed by atoms with Gasteiger partial charge in [0.25, 0.3) is 0 Å². The van der Waals surface area contributed by atoms with Gasteiger partial charge in [0.15, 0.2) is 0 Å². The standard InChI is InChI=1S/C13H16N2OS2/c1-2-9(12(14)17)15-13(16)11-7-8-5-3-4-6-10(8)18-11/h3-6,9,11H,2,7H2,1H3,(H2,14,17)(H,15,16). The second kappa shape index (κ2) is 5.71. The number of nitrogens with two attached hydrogens (primary N) is 1. The highest BCUT2D eigenvalue weighted by Gasteiger charge is 2.29. The Balaban J connectivity index is 1.99. The second-order valence-corrected chi connectivity index (χ2v) is 6.01. The van der Waals surface area contributed by atoms with Gasteiger partial charge in [0.05, 0.1) is 16.3 Å². The van der Waals surface area contributed by atoms with E-state index >= 15 is 0 Å². The van der Waals surface area contributed by atoms with Crippen molar-refractivity contribution in [3.63, 3.8) is 0 Å². The fourth-order valence-electron chi connectivity index (χ4n) is 1.97. The zero-order chi connectivity index (χ0) is 13.1. The topological polar surface area (TPSA) is 55.1 Å². The molecular weight excluding hydrogens is 264 g/mol. The molecule has 2 atom stereocenters. The number of fused-ring (bicyclic) bond motifs is 1. The van der Waals surface area contributed by atoms with Crippen LogP contribution in [0.4, 0.5) is 0 Å². The van der Waals surface area contributed by atoms with Gasteiger partial charge in [-0.1, -0.05) is 37.3 Å². The third kappa shape index (κ3) is 2.84. The molecule has 1 heterocycles. The maximum absolute atomic E-state index is 12.1. The molecule has 2 unspecified atom stereocenters. The fourth-order valence-corrected chi connectivity index (χ4v) is 3.40. The average molecular weight is 280 g/mol. The summed E-state index contributed by atoms with van der Waals surface area (Å²) in [6.07, 6.45) is 1.51. The smallest absolute Gasteiger partial charge is 0.234 e. The quantitative estimate of drug-likeness (QED) is 0.827. The van der Waals surface area contributed by atoms with E-state index in [-0.39, 0.29) is 17.2 Å². The molecule has 0 saturated carbocycles. The molecule has 1 aromatic rings. The molecule has 5 heteroatoms. The molecule has 0 bridgehead atoms. The first-order valence-corrected chi connectivity index (χ1v) is 7.25. The highest BCUT2D eigenvalue weighted by atomic mass is 32.2. The van der Waals surface area contributed by atoms with Gasteiger partial charge in [0, 0.05) is 4.90 Å². The van der Waals surface area contributed by atoms with Crippen LogP contribution in [-0.2, 0) is 11.2 Å². The summed E-state index contributed by atoms with van der Waals surface area (Å²) in [6, 6.07) is 7.93. The number of amides is 1. The van der Waals surface area contributed by atoms with Crippen LogP contribution in [0, 0.1) is 0 Å². The Kier molecular flexibility index (Phi) is 4.24. The van der Waals surface area contributed by atoms with Crippen molar-refractivity contribution in [2.75, 3.05) is 0 Å². The number of hydrogen-bond acceptors (Lipinski definition) is 3. The van der Waals surface area contributed by atoms with Gasteiger partial charge in [-0.2, -0.15) is 0 Å². The van der Waals surface area contributed by atoms with Crippen LogP contribution in [0.3, 0.4) is 0 Å². The zero-order valence-electron chi connectivity index (χ0n) is 10.2.